The number of aromatic nitrogens is 3. The lowest BCUT2D eigenvalue weighted by atomic mass is 9.78. The summed E-state index contributed by atoms with van der Waals surface area (Å²) in [6.07, 6.45) is 8.96. The van der Waals surface area contributed by atoms with Gasteiger partial charge in [0.05, 0.1) is 0 Å². The molecule has 0 fully saturated rings. The molecule has 36 heavy (non-hydrogen) atoms. The Morgan fingerprint density at radius 2 is 1.89 bits per heavy atom. The number of thioether (sulfide) groups is 1. The van der Waals surface area contributed by atoms with Crippen molar-refractivity contribution >= 4 is 17.4 Å². The topological polar surface area (TPSA) is 59.9 Å². The molecule has 2 aromatic carbocycles. The maximum Gasteiger partial charge on any atom is 0.247 e. The number of nitrogens with zero attached hydrogens (tertiary/aromatic N) is 3. The molecule has 3 atom stereocenters. The van der Waals surface area contributed by atoms with Gasteiger partial charge in [-0.1, -0.05) is 90.5 Å². The Morgan fingerprint density at radius 1 is 1.08 bits per heavy atom. The second-order valence-electron chi connectivity index (χ2n) is 10.0. The third-order valence-electron chi connectivity index (χ3n) is 6.97. The normalized spacial score (nSPS) is 20.6. The summed E-state index contributed by atoms with van der Waals surface area (Å²) in [4.78, 5) is 4.83. The molecular formula is C30H34N4OS. The van der Waals surface area contributed by atoms with E-state index in [2.05, 4.69) is 84.8 Å². The van der Waals surface area contributed by atoms with Crippen LogP contribution in [0.3, 0.4) is 0 Å². The van der Waals surface area contributed by atoms with Gasteiger partial charge >= 0.3 is 0 Å². The third-order valence-corrected chi connectivity index (χ3v) is 7.87. The molecule has 0 saturated carbocycles. The zero-order valence-electron chi connectivity index (χ0n) is 21.3. The summed E-state index contributed by atoms with van der Waals surface area (Å²) >= 11 is 1.58. The van der Waals surface area contributed by atoms with Gasteiger partial charge in [0.25, 0.3) is 0 Å². The average Bonchev–Trinajstić information content (AvgIpc) is 3.04. The fourth-order valence-corrected chi connectivity index (χ4v) is 5.74. The first-order chi connectivity index (χ1) is 17.6. The highest BCUT2D eigenvalue weighted by atomic mass is 32.2. The summed E-state index contributed by atoms with van der Waals surface area (Å²) in [5.74, 6) is 2.20. The zero-order valence-corrected chi connectivity index (χ0v) is 22.1. The number of fused-ring (bicyclic) bond motifs is 3. The largest absolute Gasteiger partial charge is 0.452 e. The molecule has 186 valence electrons. The Balaban J connectivity index is 1.37. The van der Waals surface area contributed by atoms with Crippen molar-refractivity contribution in [1.82, 2.24) is 15.2 Å². The molecule has 0 saturated heterocycles. The first-order valence-corrected chi connectivity index (χ1v) is 13.8. The van der Waals surface area contributed by atoms with Gasteiger partial charge in [0.15, 0.2) is 11.9 Å². The van der Waals surface area contributed by atoms with Crippen LogP contribution >= 0.6 is 11.8 Å². The van der Waals surface area contributed by atoms with Crippen molar-refractivity contribution in [1.29, 1.82) is 0 Å². The summed E-state index contributed by atoms with van der Waals surface area (Å²) in [6.45, 7) is 6.69. The standard InChI is InChI=1S/C30H34N4OS/c1-20(2)10-9-13-22-16-17-24(21(3)18-22)28-31-26-15-8-7-14-25(26)27-29(35-28)32-30(34-33-27)36-19-23-11-5-4-6-12-23/h4-8,10-12,14-16,21,24,28,31H,9,13,17-19H2,1-3H3/t21-,24+,28-/m1/s1. The Morgan fingerprint density at radius 3 is 2.69 bits per heavy atom. The fraction of sp³-hybridized carbons (Fsp3) is 0.367. The number of ether oxygens (including phenoxy) is 1. The number of nitrogens with one attached hydrogen (secondary N) is 1. The Bertz CT molecular complexity index is 1250. The molecule has 1 aromatic heterocycles. The maximum atomic E-state index is 6.61. The van der Waals surface area contributed by atoms with Gasteiger partial charge in [0.1, 0.15) is 0 Å². The first-order valence-electron chi connectivity index (χ1n) is 12.8. The molecule has 6 heteroatoms. The Hall–Kier alpha value is -3.12. The Labute approximate surface area is 218 Å². The molecule has 2 heterocycles. The average molecular weight is 499 g/mol. The van der Waals surface area contributed by atoms with Gasteiger partial charge in [-0.15, -0.1) is 10.2 Å². The van der Waals surface area contributed by atoms with Crippen LogP contribution in [0.15, 0.2) is 83.1 Å². The fourth-order valence-electron chi connectivity index (χ4n) is 5.00. The number of rotatable bonds is 7. The van der Waals surface area contributed by atoms with Crippen LogP contribution in [0.1, 0.15) is 52.0 Å². The smallest absolute Gasteiger partial charge is 0.247 e. The summed E-state index contributed by atoms with van der Waals surface area (Å²) in [7, 11) is 0. The minimum atomic E-state index is -0.179. The van der Waals surface area contributed by atoms with Gasteiger partial charge in [-0.2, -0.15) is 4.98 Å². The van der Waals surface area contributed by atoms with Crippen LogP contribution < -0.4 is 10.1 Å². The molecule has 2 aliphatic rings. The van der Waals surface area contributed by atoms with E-state index in [0.717, 1.165) is 42.7 Å². The van der Waals surface area contributed by atoms with Crippen LogP contribution in [-0.2, 0) is 5.75 Å². The van der Waals surface area contributed by atoms with E-state index in [1.54, 1.807) is 17.3 Å². The van der Waals surface area contributed by atoms with E-state index in [-0.39, 0.29) is 6.23 Å². The van der Waals surface area contributed by atoms with Gasteiger partial charge in [-0.25, -0.2) is 0 Å². The quantitative estimate of drug-likeness (QED) is 0.266. The van der Waals surface area contributed by atoms with Crippen molar-refractivity contribution in [2.75, 3.05) is 5.32 Å². The van der Waals surface area contributed by atoms with Crippen molar-refractivity contribution in [2.45, 2.75) is 63.6 Å². The summed E-state index contributed by atoms with van der Waals surface area (Å²) in [5, 5.41) is 13.3. The van der Waals surface area contributed by atoms with E-state index >= 15 is 0 Å². The number of allylic oxidation sites excluding steroid dienone is 4. The molecule has 0 spiro atoms. The van der Waals surface area contributed by atoms with E-state index in [4.69, 9.17) is 9.72 Å². The molecule has 0 radical (unpaired) electrons. The molecular weight excluding hydrogens is 464 g/mol. The highest BCUT2D eigenvalue weighted by Gasteiger charge is 2.34. The molecule has 1 aliphatic carbocycles. The van der Waals surface area contributed by atoms with Crippen molar-refractivity contribution in [3.05, 3.63) is 83.5 Å². The van der Waals surface area contributed by atoms with E-state index in [1.165, 1.54) is 11.1 Å². The SMILES string of the molecule is CC(C)=CCCC1=CC[C@H]([C@@H]2Nc3ccccc3-c3nnc(SCc4ccccc4)nc3O2)[C@H](C)C1. The van der Waals surface area contributed by atoms with E-state index in [0.29, 0.717) is 28.6 Å². The monoisotopic (exact) mass is 498 g/mol. The van der Waals surface area contributed by atoms with Crippen LogP contribution in [0.2, 0.25) is 0 Å². The molecule has 1 N–H and O–H groups in total. The number of hydrogen-bond donors (Lipinski definition) is 1. The molecule has 0 amide bonds. The highest BCUT2D eigenvalue weighted by molar-refractivity contribution is 7.98. The molecule has 5 rings (SSSR count). The third kappa shape index (κ3) is 5.81. The van der Waals surface area contributed by atoms with Crippen molar-refractivity contribution in [3.63, 3.8) is 0 Å². The van der Waals surface area contributed by atoms with Gasteiger partial charge in [0, 0.05) is 22.9 Å². The number of para-hydroxylation sites is 1. The van der Waals surface area contributed by atoms with Crippen molar-refractivity contribution < 1.29 is 4.74 Å². The van der Waals surface area contributed by atoms with Crippen LogP contribution in [0.25, 0.3) is 11.3 Å². The summed E-state index contributed by atoms with van der Waals surface area (Å²) < 4.78 is 6.61. The molecule has 3 aromatic rings. The van der Waals surface area contributed by atoms with Gasteiger partial charge in [-0.3, -0.25) is 0 Å². The first kappa shape index (κ1) is 24.6. The van der Waals surface area contributed by atoms with Crippen LogP contribution in [-0.4, -0.2) is 21.4 Å². The summed E-state index contributed by atoms with van der Waals surface area (Å²) in [5.41, 5.74) is 6.89. The van der Waals surface area contributed by atoms with Crippen LogP contribution in [0, 0.1) is 11.8 Å². The second-order valence-corrected chi connectivity index (χ2v) is 11.0. The molecule has 1 aliphatic heterocycles. The number of benzene rings is 2. The highest BCUT2D eigenvalue weighted by Crippen LogP contribution is 2.41. The summed E-state index contributed by atoms with van der Waals surface area (Å²) in [6, 6.07) is 18.6. The minimum Gasteiger partial charge on any atom is -0.452 e. The molecule has 0 unspecified atom stereocenters. The Kier molecular flexibility index (Phi) is 7.71. The van der Waals surface area contributed by atoms with Crippen LogP contribution in [0.4, 0.5) is 5.69 Å². The molecule has 5 nitrogen and oxygen atoms in total. The van der Waals surface area contributed by atoms with Gasteiger partial charge in [-0.05, 0) is 57.1 Å². The lowest BCUT2D eigenvalue weighted by molar-refractivity contribution is 0.114. The second kappa shape index (κ2) is 11.3. The van der Waals surface area contributed by atoms with Gasteiger partial charge < -0.3 is 10.1 Å². The predicted octanol–water partition coefficient (Wildman–Crippen LogP) is 7.68. The number of anilines is 1. The van der Waals surface area contributed by atoms with E-state index < -0.39 is 0 Å². The molecule has 0 bridgehead atoms. The number of hydrogen-bond acceptors (Lipinski definition) is 6. The van der Waals surface area contributed by atoms with Crippen LogP contribution in [0.5, 0.6) is 5.88 Å². The lowest BCUT2D eigenvalue weighted by Gasteiger charge is -2.35. The maximum absolute atomic E-state index is 6.61. The minimum absolute atomic E-state index is 0.179. The van der Waals surface area contributed by atoms with Gasteiger partial charge in [0.2, 0.25) is 11.0 Å². The lowest BCUT2D eigenvalue weighted by Crippen LogP contribution is -2.39. The zero-order chi connectivity index (χ0) is 24.9. The van der Waals surface area contributed by atoms with Crippen molar-refractivity contribution in [2.24, 2.45) is 11.8 Å². The predicted molar refractivity (Wildman–Crippen MR) is 148 cm³/mol. The van der Waals surface area contributed by atoms with Crippen molar-refractivity contribution in [3.8, 4) is 17.1 Å². The van der Waals surface area contributed by atoms with E-state index in [1.807, 2.05) is 18.2 Å². The van der Waals surface area contributed by atoms with E-state index in [9.17, 15) is 0 Å².